The summed E-state index contributed by atoms with van der Waals surface area (Å²) in [7, 11) is 1.75. The van der Waals surface area contributed by atoms with Crippen molar-refractivity contribution in [2.45, 2.75) is 6.54 Å². The fourth-order valence-corrected chi connectivity index (χ4v) is 1.59. The SMILES string of the molecule is CN(CC(=O)NC(N)=O)Cc1ccccc1Cl. The molecule has 0 aliphatic heterocycles. The van der Waals surface area contributed by atoms with Crippen molar-refractivity contribution in [2.24, 2.45) is 5.73 Å². The smallest absolute Gasteiger partial charge is 0.318 e. The first-order valence-electron chi connectivity index (χ1n) is 5.00. The summed E-state index contributed by atoms with van der Waals surface area (Å²) in [6, 6.07) is 6.53. The van der Waals surface area contributed by atoms with Gasteiger partial charge < -0.3 is 5.73 Å². The van der Waals surface area contributed by atoms with Crippen molar-refractivity contribution < 1.29 is 9.59 Å². The van der Waals surface area contributed by atoms with E-state index in [4.69, 9.17) is 17.3 Å². The monoisotopic (exact) mass is 255 g/mol. The molecule has 0 heterocycles. The van der Waals surface area contributed by atoms with Crippen LogP contribution >= 0.6 is 11.6 Å². The van der Waals surface area contributed by atoms with Gasteiger partial charge in [-0.1, -0.05) is 29.8 Å². The second-order valence-corrected chi connectivity index (χ2v) is 4.08. The fraction of sp³-hybridized carbons (Fsp3) is 0.273. The number of urea groups is 1. The summed E-state index contributed by atoms with van der Waals surface area (Å²) in [5, 5.41) is 2.65. The molecule has 17 heavy (non-hydrogen) atoms. The molecule has 1 rings (SSSR count). The number of carbonyl (C=O) groups excluding carboxylic acids is 2. The van der Waals surface area contributed by atoms with Crippen LogP contribution in [-0.2, 0) is 11.3 Å². The van der Waals surface area contributed by atoms with Gasteiger partial charge >= 0.3 is 6.03 Å². The summed E-state index contributed by atoms with van der Waals surface area (Å²) < 4.78 is 0. The maximum Gasteiger partial charge on any atom is 0.318 e. The molecule has 0 aromatic heterocycles. The van der Waals surface area contributed by atoms with E-state index in [-0.39, 0.29) is 6.54 Å². The number of imide groups is 1. The quantitative estimate of drug-likeness (QED) is 0.842. The molecule has 3 N–H and O–H groups in total. The number of halogens is 1. The highest BCUT2D eigenvalue weighted by Crippen LogP contribution is 2.16. The Bertz CT molecular complexity index is 423. The molecule has 0 atom stereocenters. The summed E-state index contributed by atoms with van der Waals surface area (Å²) in [5.74, 6) is -0.438. The van der Waals surface area contributed by atoms with Gasteiger partial charge in [0.15, 0.2) is 0 Å². The third-order valence-electron chi connectivity index (χ3n) is 2.07. The van der Waals surface area contributed by atoms with Crippen LogP contribution in [0.5, 0.6) is 0 Å². The third-order valence-corrected chi connectivity index (χ3v) is 2.44. The molecule has 5 nitrogen and oxygen atoms in total. The van der Waals surface area contributed by atoms with E-state index in [1.165, 1.54) is 0 Å². The van der Waals surface area contributed by atoms with Crippen LogP contribution in [0.25, 0.3) is 0 Å². The van der Waals surface area contributed by atoms with Crippen LogP contribution < -0.4 is 11.1 Å². The Hall–Kier alpha value is -1.59. The van der Waals surface area contributed by atoms with Gasteiger partial charge in [-0.2, -0.15) is 0 Å². The summed E-state index contributed by atoms with van der Waals surface area (Å²) in [4.78, 5) is 23.4. The standard InChI is InChI=1S/C11H14ClN3O2/c1-15(7-10(16)14-11(13)17)6-8-4-2-3-5-9(8)12/h2-5H,6-7H2,1H3,(H3,13,14,16,17). The Morgan fingerprint density at radius 2 is 2.06 bits per heavy atom. The molecule has 6 heteroatoms. The second kappa shape index (κ2) is 6.22. The molecule has 1 aromatic carbocycles. The van der Waals surface area contributed by atoms with E-state index < -0.39 is 11.9 Å². The minimum atomic E-state index is -0.846. The van der Waals surface area contributed by atoms with E-state index in [2.05, 4.69) is 0 Å². The molecule has 0 aliphatic carbocycles. The summed E-state index contributed by atoms with van der Waals surface area (Å²) in [5.41, 5.74) is 5.76. The molecular weight excluding hydrogens is 242 g/mol. The zero-order valence-electron chi connectivity index (χ0n) is 9.44. The average molecular weight is 256 g/mol. The summed E-state index contributed by atoms with van der Waals surface area (Å²) >= 11 is 5.99. The second-order valence-electron chi connectivity index (χ2n) is 3.68. The minimum Gasteiger partial charge on any atom is -0.351 e. The van der Waals surface area contributed by atoms with Gasteiger partial charge in [0.05, 0.1) is 6.54 Å². The molecule has 0 bridgehead atoms. The van der Waals surface area contributed by atoms with Crippen molar-refractivity contribution in [2.75, 3.05) is 13.6 Å². The molecular formula is C11H14ClN3O2. The van der Waals surface area contributed by atoms with Crippen LogP contribution in [0.4, 0.5) is 4.79 Å². The molecule has 0 unspecified atom stereocenters. The van der Waals surface area contributed by atoms with E-state index in [1.54, 1.807) is 18.0 Å². The lowest BCUT2D eigenvalue weighted by Gasteiger charge is -2.16. The molecule has 0 aliphatic rings. The molecule has 0 saturated heterocycles. The molecule has 0 radical (unpaired) electrons. The Kier molecular flexibility index (Phi) is 4.93. The minimum absolute atomic E-state index is 0.0775. The van der Waals surface area contributed by atoms with Crippen LogP contribution in [0.3, 0.4) is 0 Å². The molecule has 0 saturated carbocycles. The topological polar surface area (TPSA) is 75.4 Å². The van der Waals surface area contributed by atoms with Crippen molar-refractivity contribution in [1.29, 1.82) is 0 Å². The highest BCUT2D eigenvalue weighted by Gasteiger charge is 2.09. The fourth-order valence-electron chi connectivity index (χ4n) is 1.40. The molecule has 0 spiro atoms. The van der Waals surface area contributed by atoms with E-state index in [0.29, 0.717) is 11.6 Å². The first-order chi connectivity index (χ1) is 7.99. The van der Waals surface area contributed by atoms with Crippen molar-refractivity contribution >= 4 is 23.5 Å². The predicted molar refractivity (Wildman–Crippen MR) is 65.5 cm³/mol. The molecule has 3 amide bonds. The van der Waals surface area contributed by atoms with Gasteiger partial charge in [0.25, 0.3) is 0 Å². The summed E-state index contributed by atoms with van der Waals surface area (Å²) in [6.07, 6.45) is 0. The Morgan fingerprint density at radius 3 is 2.65 bits per heavy atom. The highest BCUT2D eigenvalue weighted by molar-refractivity contribution is 6.31. The molecule has 0 fully saturated rings. The van der Waals surface area contributed by atoms with Gasteiger partial charge in [-0.05, 0) is 18.7 Å². The first-order valence-corrected chi connectivity index (χ1v) is 5.38. The van der Waals surface area contributed by atoms with E-state index in [9.17, 15) is 9.59 Å². The number of rotatable bonds is 4. The number of hydrogen-bond donors (Lipinski definition) is 2. The van der Waals surface area contributed by atoms with Crippen LogP contribution in [0.1, 0.15) is 5.56 Å². The zero-order chi connectivity index (χ0) is 12.8. The van der Waals surface area contributed by atoms with Gasteiger partial charge in [0, 0.05) is 11.6 Å². The lowest BCUT2D eigenvalue weighted by molar-refractivity contribution is -0.120. The number of amides is 3. The number of carbonyl (C=O) groups is 2. The average Bonchev–Trinajstić information content (AvgIpc) is 2.19. The first kappa shape index (κ1) is 13.5. The van der Waals surface area contributed by atoms with Crippen LogP contribution in [0.15, 0.2) is 24.3 Å². The third kappa shape index (κ3) is 4.84. The number of nitrogens with zero attached hydrogens (tertiary/aromatic N) is 1. The Labute approximate surface area is 105 Å². The molecule has 92 valence electrons. The van der Waals surface area contributed by atoms with Gasteiger partial charge in [0.2, 0.25) is 5.91 Å². The maximum absolute atomic E-state index is 11.3. The number of benzene rings is 1. The van der Waals surface area contributed by atoms with Gasteiger partial charge in [0.1, 0.15) is 0 Å². The summed E-state index contributed by atoms with van der Waals surface area (Å²) in [6.45, 7) is 0.597. The van der Waals surface area contributed by atoms with Crippen molar-refractivity contribution in [3.63, 3.8) is 0 Å². The maximum atomic E-state index is 11.3. The van der Waals surface area contributed by atoms with Crippen LogP contribution in [0.2, 0.25) is 5.02 Å². The lowest BCUT2D eigenvalue weighted by atomic mass is 10.2. The van der Waals surface area contributed by atoms with E-state index in [1.807, 2.05) is 23.5 Å². The Balaban J connectivity index is 2.50. The predicted octanol–water partition coefficient (Wildman–Crippen LogP) is 0.967. The zero-order valence-corrected chi connectivity index (χ0v) is 10.2. The number of primary amides is 1. The Morgan fingerprint density at radius 1 is 1.41 bits per heavy atom. The van der Waals surface area contributed by atoms with E-state index in [0.717, 1.165) is 5.56 Å². The van der Waals surface area contributed by atoms with Crippen LogP contribution in [0, 0.1) is 0 Å². The van der Waals surface area contributed by atoms with Gasteiger partial charge in [-0.3, -0.25) is 15.0 Å². The largest absolute Gasteiger partial charge is 0.351 e. The normalized spacial score (nSPS) is 10.3. The highest BCUT2D eigenvalue weighted by atomic mass is 35.5. The molecule has 1 aromatic rings. The van der Waals surface area contributed by atoms with Crippen molar-refractivity contribution in [1.82, 2.24) is 10.2 Å². The van der Waals surface area contributed by atoms with Gasteiger partial charge in [-0.15, -0.1) is 0 Å². The van der Waals surface area contributed by atoms with Crippen molar-refractivity contribution in [3.8, 4) is 0 Å². The number of nitrogens with one attached hydrogen (secondary N) is 1. The lowest BCUT2D eigenvalue weighted by Crippen LogP contribution is -2.41. The van der Waals surface area contributed by atoms with Crippen molar-refractivity contribution in [3.05, 3.63) is 34.9 Å². The van der Waals surface area contributed by atoms with E-state index >= 15 is 0 Å². The number of hydrogen-bond acceptors (Lipinski definition) is 3. The number of nitrogens with two attached hydrogens (primary N) is 1. The van der Waals surface area contributed by atoms with Crippen LogP contribution in [-0.4, -0.2) is 30.4 Å². The van der Waals surface area contributed by atoms with Gasteiger partial charge in [-0.25, -0.2) is 4.79 Å². The number of likely N-dealkylation sites (N-methyl/N-ethyl adjacent to an activating group) is 1.